The van der Waals surface area contributed by atoms with Gasteiger partial charge in [0, 0.05) is 26.2 Å². The summed E-state index contributed by atoms with van der Waals surface area (Å²) in [6.45, 7) is 10.7. The molecule has 0 aromatic heterocycles. The van der Waals surface area contributed by atoms with Crippen molar-refractivity contribution in [2.24, 2.45) is 5.92 Å². The van der Waals surface area contributed by atoms with Crippen molar-refractivity contribution in [1.82, 2.24) is 15.5 Å². The smallest absolute Gasteiger partial charge is 0.237 e. The maximum absolute atomic E-state index is 12.2. The highest BCUT2D eigenvalue weighted by atomic mass is 16.5. The molecule has 0 spiro atoms. The molecular formula is C16H33N3O2. The molecule has 5 heteroatoms. The third-order valence-electron chi connectivity index (χ3n) is 4.09. The van der Waals surface area contributed by atoms with Gasteiger partial charge in [0.05, 0.1) is 12.6 Å². The molecule has 0 aliphatic carbocycles. The van der Waals surface area contributed by atoms with Crippen molar-refractivity contribution < 1.29 is 9.53 Å². The number of hydrogen-bond acceptors (Lipinski definition) is 4. The van der Waals surface area contributed by atoms with Crippen LogP contribution in [0.4, 0.5) is 0 Å². The van der Waals surface area contributed by atoms with Crippen molar-refractivity contribution in [3.8, 4) is 0 Å². The van der Waals surface area contributed by atoms with Crippen LogP contribution in [-0.4, -0.2) is 62.8 Å². The van der Waals surface area contributed by atoms with Gasteiger partial charge in [0.1, 0.15) is 0 Å². The molecule has 1 rings (SSSR count). The summed E-state index contributed by atoms with van der Waals surface area (Å²) in [5.41, 5.74) is 0. The van der Waals surface area contributed by atoms with Crippen LogP contribution >= 0.6 is 0 Å². The molecule has 1 aliphatic rings. The maximum Gasteiger partial charge on any atom is 0.237 e. The zero-order chi connectivity index (χ0) is 15.7. The predicted octanol–water partition coefficient (Wildman–Crippen LogP) is 1.24. The van der Waals surface area contributed by atoms with E-state index in [1.165, 1.54) is 19.3 Å². The fraction of sp³-hybridized carbons (Fsp3) is 0.938. The van der Waals surface area contributed by atoms with Gasteiger partial charge in [0.25, 0.3) is 0 Å². The molecule has 2 unspecified atom stereocenters. The predicted molar refractivity (Wildman–Crippen MR) is 86.4 cm³/mol. The molecule has 21 heavy (non-hydrogen) atoms. The monoisotopic (exact) mass is 299 g/mol. The lowest BCUT2D eigenvalue weighted by Crippen LogP contribution is -2.54. The van der Waals surface area contributed by atoms with Crippen LogP contribution in [0.3, 0.4) is 0 Å². The minimum Gasteiger partial charge on any atom is -0.383 e. The van der Waals surface area contributed by atoms with Crippen LogP contribution in [0, 0.1) is 5.92 Å². The minimum absolute atomic E-state index is 0.0620. The fourth-order valence-corrected chi connectivity index (χ4v) is 2.87. The van der Waals surface area contributed by atoms with E-state index in [2.05, 4.69) is 29.4 Å². The van der Waals surface area contributed by atoms with Crippen molar-refractivity contribution in [2.75, 3.05) is 39.9 Å². The molecule has 0 radical (unpaired) electrons. The average Bonchev–Trinajstić information content (AvgIpc) is 2.47. The SMILES string of the molecule is COCCNC(=O)C(C)N1CCCCC1CNCC(C)C. The van der Waals surface area contributed by atoms with Gasteiger partial charge in [-0.3, -0.25) is 9.69 Å². The average molecular weight is 299 g/mol. The van der Waals surface area contributed by atoms with E-state index in [1.54, 1.807) is 7.11 Å². The maximum atomic E-state index is 12.2. The zero-order valence-corrected chi connectivity index (χ0v) is 14.2. The van der Waals surface area contributed by atoms with E-state index in [0.717, 1.165) is 19.6 Å². The van der Waals surface area contributed by atoms with E-state index >= 15 is 0 Å². The van der Waals surface area contributed by atoms with Crippen molar-refractivity contribution in [2.45, 2.75) is 52.1 Å². The van der Waals surface area contributed by atoms with Gasteiger partial charge in [-0.25, -0.2) is 0 Å². The van der Waals surface area contributed by atoms with Crippen LogP contribution in [0.15, 0.2) is 0 Å². The summed E-state index contributed by atoms with van der Waals surface area (Å²) < 4.78 is 4.98. The van der Waals surface area contributed by atoms with Crippen LogP contribution in [-0.2, 0) is 9.53 Å². The highest BCUT2D eigenvalue weighted by Crippen LogP contribution is 2.19. The Morgan fingerprint density at radius 2 is 2.10 bits per heavy atom. The van der Waals surface area contributed by atoms with Crippen molar-refractivity contribution >= 4 is 5.91 Å². The molecule has 0 saturated carbocycles. The minimum atomic E-state index is -0.0620. The fourth-order valence-electron chi connectivity index (χ4n) is 2.87. The highest BCUT2D eigenvalue weighted by Gasteiger charge is 2.29. The quantitative estimate of drug-likeness (QED) is 0.629. The number of methoxy groups -OCH3 is 1. The third kappa shape index (κ3) is 6.76. The van der Waals surface area contributed by atoms with Crippen molar-refractivity contribution in [3.63, 3.8) is 0 Å². The van der Waals surface area contributed by atoms with E-state index < -0.39 is 0 Å². The van der Waals surface area contributed by atoms with Crippen LogP contribution < -0.4 is 10.6 Å². The number of carbonyl (C=O) groups excluding carboxylic acids is 1. The van der Waals surface area contributed by atoms with Gasteiger partial charge in [0.15, 0.2) is 0 Å². The largest absolute Gasteiger partial charge is 0.383 e. The van der Waals surface area contributed by atoms with Gasteiger partial charge in [-0.2, -0.15) is 0 Å². The Morgan fingerprint density at radius 3 is 2.76 bits per heavy atom. The summed E-state index contributed by atoms with van der Waals surface area (Å²) in [5.74, 6) is 0.777. The van der Waals surface area contributed by atoms with Crippen molar-refractivity contribution in [1.29, 1.82) is 0 Å². The summed E-state index contributed by atoms with van der Waals surface area (Å²) >= 11 is 0. The first kappa shape index (κ1) is 18.4. The topological polar surface area (TPSA) is 53.6 Å². The van der Waals surface area contributed by atoms with Crippen LogP contribution in [0.1, 0.15) is 40.0 Å². The summed E-state index contributed by atoms with van der Waals surface area (Å²) in [6, 6.07) is 0.411. The molecule has 1 heterocycles. The van der Waals surface area contributed by atoms with Gasteiger partial charge in [-0.05, 0) is 38.8 Å². The number of amides is 1. The molecule has 1 fully saturated rings. The standard InChI is InChI=1S/C16H33N3O2/c1-13(2)11-17-12-15-7-5-6-9-19(15)14(3)16(20)18-8-10-21-4/h13-15,17H,5-12H2,1-4H3,(H,18,20). The first-order valence-corrected chi connectivity index (χ1v) is 8.29. The Labute approximate surface area is 129 Å². The molecule has 0 aromatic carbocycles. The van der Waals surface area contributed by atoms with Crippen LogP contribution in [0.2, 0.25) is 0 Å². The Balaban J connectivity index is 2.44. The number of ether oxygens (including phenoxy) is 1. The molecule has 0 bridgehead atoms. The summed E-state index contributed by atoms with van der Waals surface area (Å²) in [4.78, 5) is 14.6. The Morgan fingerprint density at radius 1 is 1.33 bits per heavy atom. The molecule has 1 aliphatic heterocycles. The Bertz CT molecular complexity index is 297. The first-order chi connectivity index (χ1) is 10.1. The lowest BCUT2D eigenvalue weighted by Gasteiger charge is -2.39. The van der Waals surface area contributed by atoms with E-state index in [0.29, 0.717) is 25.1 Å². The van der Waals surface area contributed by atoms with E-state index in [1.807, 2.05) is 6.92 Å². The molecule has 2 N–H and O–H groups in total. The summed E-state index contributed by atoms with van der Waals surface area (Å²) in [7, 11) is 1.65. The highest BCUT2D eigenvalue weighted by molar-refractivity contribution is 5.81. The lowest BCUT2D eigenvalue weighted by atomic mass is 9.99. The molecule has 5 nitrogen and oxygen atoms in total. The second kappa shape index (κ2) is 10.1. The first-order valence-electron chi connectivity index (χ1n) is 8.29. The van der Waals surface area contributed by atoms with Crippen LogP contribution in [0.5, 0.6) is 0 Å². The molecule has 1 amide bonds. The van der Waals surface area contributed by atoms with E-state index in [4.69, 9.17) is 4.74 Å². The second-order valence-electron chi connectivity index (χ2n) is 6.40. The van der Waals surface area contributed by atoms with E-state index in [-0.39, 0.29) is 11.9 Å². The number of nitrogens with zero attached hydrogens (tertiary/aromatic N) is 1. The number of piperidine rings is 1. The van der Waals surface area contributed by atoms with Crippen molar-refractivity contribution in [3.05, 3.63) is 0 Å². The summed E-state index contributed by atoms with van der Waals surface area (Å²) in [5, 5.41) is 6.49. The Kier molecular flexibility index (Phi) is 8.88. The van der Waals surface area contributed by atoms with Gasteiger partial charge >= 0.3 is 0 Å². The van der Waals surface area contributed by atoms with Gasteiger partial charge in [-0.1, -0.05) is 20.3 Å². The Hall–Kier alpha value is -0.650. The normalized spacial score (nSPS) is 21.5. The van der Waals surface area contributed by atoms with Gasteiger partial charge in [-0.15, -0.1) is 0 Å². The number of rotatable bonds is 9. The van der Waals surface area contributed by atoms with Crippen LogP contribution in [0.25, 0.3) is 0 Å². The molecule has 2 atom stereocenters. The van der Waals surface area contributed by atoms with E-state index in [9.17, 15) is 4.79 Å². The number of likely N-dealkylation sites (tertiary alicyclic amines) is 1. The lowest BCUT2D eigenvalue weighted by molar-refractivity contribution is -0.127. The summed E-state index contributed by atoms with van der Waals surface area (Å²) in [6.07, 6.45) is 3.64. The second-order valence-corrected chi connectivity index (χ2v) is 6.40. The van der Waals surface area contributed by atoms with Gasteiger partial charge in [0.2, 0.25) is 5.91 Å². The molecule has 0 aromatic rings. The third-order valence-corrected chi connectivity index (χ3v) is 4.09. The van der Waals surface area contributed by atoms with Gasteiger partial charge < -0.3 is 15.4 Å². The zero-order valence-electron chi connectivity index (χ0n) is 14.2. The number of nitrogens with one attached hydrogen (secondary N) is 2. The molecule has 124 valence electrons. The number of carbonyl (C=O) groups is 1. The molecular weight excluding hydrogens is 266 g/mol. The molecule has 1 saturated heterocycles. The number of hydrogen-bond donors (Lipinski definition) is 2.